The highest BCUT2D eigenvalue weighted by molar-refractivity contribution is 7.89. The van der Waals surface area contributed by atoms with Gasteiger partial charge < -0.3 is 9.47 Å². The predicted octanol–water partition coefficient (Wildman–Crippen LogP) is 3.66. The van der Waals surface area contributed by atoms with Gasteiger partial charge in [-0.25, -0.2) is 18.1 Å². The Bertz CT molecular complexity index is 1040. The summed E-state index contributed by atoms with van der Waals surface area (Å²) >= 11 is 1.62. The Morgan fingerprint density at radius 1 is 1.04 bits per heavy atom. The molecular weight excluding hydrogens is 396 g/mol. The third kappa shape index (κ3) is 4.70. The maximum Gasteiger partial charge on any atom is 0.240 e. The first kappa shape index (κ1) is 20.3. The van der Waals surface area contributed by atoms with E-state index in [1.54, 1.807) is 17.4 Å². The second-order valence-electron chi connectivity index (χ2n) is 6.11. The summed E-state index contributed by atoms with van der Waals surface area (Å²) in [7, 11) is -0.655. The number of rotatable bonds is 8. The van der Waals surface area contributed by atoms with Gasteiger partial charge in [0.15, 0.2) is 11.5 Å². The molecule has 0 saturated heterocycles. The molecule has 0 fully saturated rings. The highest BCUT2D eigenvalue weighted by Crippen LogP contribution is 2.29. The quantitative estimate of drug-likeness (QED) is 0.604. The molecule has 3 aromatic rings. The smallest absolute Gasteiger partial charge is 0.240 e. The first-order chi connectivity index (χ1) is 13.4. The summed E-state index contributed by atoms with van der Waals surface area (Å²) in [5, 5.41) is 3.06. The van der Waals surface area contributed by atoms with Crippen LogP contribution in [0.15, 0.2) is 52.7 Å². The maximum atomic E-state index is 12.5. The second kappa shape index (κ2) is 8.72. The second-order valence-corrected chi connectivity index (χ2v) is 8.94. The van der Waals surface area contributed by atoms with Gasteiger partial charge in [-0.15, -0.1) is 11.3 Å². The number of thiazole rings is 1. The Morgan fingerprint density at radius 2 is 1.75 bits per heavy atom. The van der Waals surface area contributed by atoms with E-state index in [-0.39, 0.29) is 4.90 Å². The van der Waals surface area contributed by atoms with Gasteiger partial charge in [-0.2, -0.15) is 0 Å². The highest BCUT2D eigenvalue weighted by Gasteiger charge is 2.16. The largest absolute Gasteiger partial charge is 0.493 e. The van der Waals surface area contributed by atoms with Gasteiger partial charge in [-0.05, 0) is 31.0 Å². The first-order valence-electron chi connectivity index (χ1n) is 8.66. The van der Waals surface area contributed by atoms with Crippen molar-refractivity contribution in [1.29, 1.82) is 0 Å². The number of ether oxygens (including phenoxy) is 2. The fourth-order valence-electron chi connectivity index (χ4n) is 2.73. The Labute approximate surface area is 169 Å². The van der Waals surface area contributed by atoms with Gasteiger partial charge in [-0.1, -0.05) is 24.3 Å². The molecule has 1 aromatic heterocycles. The van der Waals surface area contributed by atoms with Crippen LogP contribution in [0.2, 0.25) is 0 Å². The standard InChI is InChI=1S/C20H22N2O4S2/c1-14-22-18(13-27-14)16-6-4-15(5-7-16)10-11-21-28(23,24)17-8-9-19(25-2)20(12-17)26-3/h4-9,12-13,21H,10-11H2,1-3H3. The molecule has 0 amide bonds. The number of aromatic nitrogens is 1. The van der Waals surface area contributed by atoms with Crippen molar-refractivity contribution in [2.24, 2.45) is 0 Å². The lowest BCUT2D eigenvalue weighted by atomic mass is 10.1. The molecule has 1 heterocycles. The van der Waals surface area contributed by atoms with Crippen molar-refractivity contribution in [2.75, 3.05) is 20.8 Å². The summed E-state index contributed by atoms with van der Waals surface area (Å²) in [6.45, 7) is 2.28. The molecule has 0 unspecified atom stereocenters. The zero-order valence-electron chi connectivity index (χ0n) is 15.9. The third-order valence-corrected chi connectivity index (χ3v) is 6.47. The lowest BCUT2D eigenvalue weighted by Gasteiger charge is -2.11. The molecule has 0 bridgehead atoms. The van der Waals surface area contributed by atoms with Crippen molar-refractivity contribution in [3.8, 4) is 22.8 Å². The molecule has 0 atom stereocenters. The van der Waals surface area contributed by atoms with E-state index >= 15 is 0 Å². The van der Waals surface area contributed by atoms with Gasteiger partial charge in [0.2, 0.25) is 10.0 Å². The molecule has 148 valence electrons. The number of nitrogens with zero attached hydrogens (tertiary/aromatic N) is 1. The lowest BCUT2D eigenvalue weighted by Crippen LogP contribution is -2.26. The first-order valence-corrected chi connectivity index (χ1v) is 11.0. The fourth-order valence-corrected chi connectivity index (χ4v) is 4.40. The van der Waals surface area contributed by atoms with Gasteiger partial charge in [0.1, 0.15) is 0 Å². The molecule has 6 nitrogen and oxygen atoms in total. The van der Waals surface area contributed by atoms with Crippen LogP contribution < -0.4 is 14.2 Å². The third-order valence-electron chi connectivity index (χ3n) is 4.24. The van der Waals surface area contributed by atoms with Crippen LogP contribution >= 0.6 is 11.3 Å². The van der Waals surface area contributed by atoms with E-state index < -0.39 is 10.0 Å². The predicted molar refractivity (Wildman–Crippen MR) is 111 cm³/mol. The highest BCUT2D eigenvalue weighted by atomic mass is 32.2. The maximum absolute atomic E-state index is 12.5. The van der Waals surface area contributed by atoms with Crippen LogP contribution in [0.5, 0.6) is 11.5 Å². The van der Waals surface area contributed by atoms with E-state index in [2.05, 4.69) is 9.71 Å². The summed E-state index contributed by atoms with van der Waals surface area (Å²) in [5.41, 5.74) is 3.06. The zero-order valence-corrected chi connectivity index (χ0v) is 17.6. The van der Waals surface area contributed by atoms with Crippen molar-refractivity contribution in [2.45, 2.75) is 18.2 Å². The molecule has 0 aliphatic rings. The molecular formula is C20H22N2O4S2. The van der Waals surface area contributed by atoms with E-state index in [9.17, 15) is 8.42 Å². The summed E-state index contributed by atoms with van der Waals surface area (Å²) in [5.74, 6) is 0.857. The van der Waals surface area contributed by atoms with Gasteiger partial charge in [-0.3, -0.25) is 0 Å². The van der Waals surface area contributed by atoms with Crippen LogP contribution in [-0.2, 0) is 16.4 Å². The van der Waals surface area contributed by atoms with Crippen LogP contribution in [0.3, 0.4) is 0 Å². The van der Waals surface area contributed by atoms with Gasteiger partial charge in [0, 0.05) is 23.6 Å². The van der Waals surface area contributed by atoms with Crippen LogP contribution in [0.4, 0.5) is 0 Å². The van der Waals surface area contributed by atoms with Crippen molar-refractivity contribution in [3.63, 3.8) is 0 Å². The molecule has 1 N–H and O–H groups in total. The number of benzene rings is 2. The summed E-state index contributed by atoms with van der Waals surface area (Å²) in [4.78, 5) is 4.61. The zero-order chi connectivity index (χ0) is 20.1. The molecule has 8 heteroatoms. The van der Waals surface area contributed by atoms with E-state index in [0.29, 0.717) is 24.5 Å². The van der Waals surface area contributed by atoms with E-state index in [1.807, 2.05) is 36.6 Å². The number of aryl methyl sites for hydroxylation is 1. The topological polar surface area (TPSA) is 77.5 Å². The van der Waals surface area contributed by atoms with E-state index in [4.69, 9.17) is 9.47 Å². The molecule has 0 aliphatic heterocycles. The monoisotopic (exact) mass is 418 g/mol. The van der Waals surface area contributed by atoms with Crippen molar-refractivity contribution in [3.05, 3.63) is 58.4 Å². The lowest BCUT2D eigenvalue weighted by molar-refractivity contribution is 0.354. The van der Waals surface area contributed by atoms with Crippen molar-refractivity contribution < 1.29 is 17.9 Å². The minimum absolute atomic E-state index is 0.138. The number of methoxy groups -OCH3 is 2. The minimum atomic E-state index is -3.63. The Kier molecular flexibility index (Phi) is 6.33. The number of hydrogen-bond acceptors (Lipinski definition) is 6. The number of hydrogen-bond donors (Lipinski definition) is 1. The molecule has 28 heavy (non-hydrogen) atoms. The molecule has 0 radical (unpaired) electrons. The average Bonchev–Trinajstić information content (AvgIpc) is 3.14. The fraction of sp³-hybridized carbons (Fsp3) is 0.250. The van der Waals surface area contributed by atoms with E-state index in [1.165, 1.54) is 26.4 Å². The number of nitrogens with one attached hydrogen (secondary N) is 1. The van der Waals surface area contributed by atoms with Gasteiger partial charge in [0.25, 0.3) is 0 Å². The van der Waals surface area contributed by atoms with E-state index in [0.717, 1.165) is 21.8 Å². The van der Waals surface area contributed by atoms with Crippen molar-refractivity contribution >= 4 is 21.4 Å². The molecule has 2 aromatic carbocycles. The Morgan fingerprint density at radius 3 is 2.36 bits per heavy atom. The number of sulfonamides is 1. The Balaban J connectivity index is 1.62. The average molecular weight is 419 g/mol. The minimum Gasteiger partial charge on any atom is -0.493 e. The van der Waals surface area contributed by atoms with Crippen LogP contribution in [0.25, 0.3) is 11.3 Å². The summed E-state index contributed by atoms with van der Waals surface area (Å²) in [6, 6.07) is 12.5. The van der Waals surface area contributed by atoms with Crippen molar-refractivity contribution in [1.82, 2.24) is 9.71 Å². The van der Waals surface area contributed by atoms with Gasteiger partial charge in [0.05, 0.1) is 29.8 Å². The SMILES string of the molecule is COc1ccc(S(=O)(=O)NCCc2ccc(-c3csc(C)n3)cc2)cc1OC. The molecule has 0 spiro atoms. The van der Waals surface area contributed by atoms with Crippen LogP contribution in [0, 0.1) is 6.92 Å². The normalized spacial score (nSPS) is 11.4. The van der Waals surface area contributed by atoms with Crippen LogP contribution in [-0.4, -0.2) is 34.2 Å². The molecule has 3 rings (SSSR count). The summed E-state index contributed by atoms with van der Waals surface area (Å²) in [6.07, 6.45) is 0.586. The van der Waals surface area contributed by atoms with Gasteiger partial charge >= 0.3 is 0 Å². The molecule has 0 aliphatic carbocycles. The summed E-state index contributed by atoms with van der Waals surface area (Å²) < 4.78 is 38.0. The van der Waals surface area contributed by atoms with Crippen LogP contribution in [0.1, 0.15) is 10.6 Å². The Hall–Kier alpha value is -2.42. The molecule has 0 saturated carbocycles.